The van der Waals surface area contributed by atoms with Gasteiger partial charge in [-0.3, -0.25) is 14.5 Å². The first-order valence-electron chi connectivity index (χ1n) is 7.75. The zero-order valence-corrected chi connectivity index (χ0v) is 13.0. The van der Waals surface area contributed by atoms with Crippen LogP contribution < -0.4 is 10.6 Å². The van der Waals surface area contributed by atoms with E-state index in [9.17, 15) is 4.79 Å². The van der Waals surface area contributed by atoms with Gasteiger partial charge in [-0.25, -0.2) is 4.98 Å². The van der Waals surface area contributed by atoms with Crippen LogP contribution in [-0.4, -0.2) is 64.8 Å². The van der Waals surface area contributed by atoms with E-state index in [0.29, 0.717) is 6.42 Å². The topological polar surface area (TPSA) is 87.4 Å². The van der Waals surface area contributed by atoms with Gasteiger partial charge in [0.05, 0.1) is 6.54 Å². The molecule has 2 aliphatic heterocycles. The minimum Gasteiger partial charge on any atom is -0.355 e. The smallest absolute Gasteiger partial charge is 0.220 e. The molecule has 0 bridgehead atoms. The summed E-state index contributed by atoms with van der Waals surface area (Å²) in [5.74, 6) is 1.08. The molecule has 2 aliphatic rings. The Morgan fingerprint density at radius 2 is 2.50 bits per heavy atom. The van der Waals surface area contributed by atoms with Crippen LogP contribution in [0, 0.1) is 5.41 Å². The van der Waals surface area contributed by atoms with Crippen molar-refractivity contribution in [3.63, 3.8) is 0 Å². The van der Waals surface area contributed by atoms with Crippen molar-refractivity contribution in [3.8, 4) is 0 Å². The van der Waals surface area contributed by atoms with E-state index in [2.05, 4.69) is 30.6 Å². The van der Waals surface area contributed by atoms with Crippen LogP contribution >= 0.6 is 0 Å². The largest absolute Gasteiger partial charge is 0.355 e. The molecule has 22 heavy (non-hydrogen) atoms. The summed E-state index contributed by atoms with van der Waals surface area (Å²) in [5.41, 5.74) is 0.0822. The number of carbonyl (C=O) groups is 1. The van der Waals surface area contributed by atoms with Crippen molar-refractivity contribution in [3.05, 3.63) is 12.7 Å². The molecule has 0 aromatic carbocycles. The highest BCUT2D eigenvalue weighted by atomic mass is 16.1. The third-order valence-corrected chi connectivity index (χ3v) is 4.46. The van der Waals surface area contributed by atoms with E-state index in [4.69, 9.17) is 0 Å². The highest BCUT2D eigenvalue weighted by Gasteiger charge is 2.42. The maximum Gasteiger partial charge on any atom is 0.220 e. The number of aromatic nitrogens is 3. The summed E-state index contributed by atoms with van der Waals surface area (Å²) in [5, 5.41) is 10.4. The van der Waals surface area contributed by atoms with Crippen molar-refractivity contribution < 1.29 is 4.79 Å². The van der Waals surface area contributed by atoms with Gasteiger partial charge in [0.1, 0.15) is 12.7 Å². The second kappa shape index (κ2) is 6.33. The summed E-state index contributed by atoms with van der Waals surface area (Å²) in [6.45, 7) is 4.15. The summed E-state index contributed by atoms with van der Waals surface area (Å²) in [7, 11) is 1.80. The number of hydrogen-bond acceptors (Lipinski definition) is 4. The molecule has 0 saturated carbocycles. The molecule has 120 valence electrons. The van der Waals surface area contributed by atoms with E-state index >= 15 is 0 Å². The van der Waals surface area contributed by atoms with Crippen molar-refractivity contribution in [2.75, 3.05) is 33.2 Å². The number of carbonyl (C=O) groups excluding carboxylic acids is 1. The number of hydrogen-bond donors (Lipinski definition) is 2. The highest BCUT2D eigenvalue weighted by Crippen LogP contribution is 2.35. The third kappa shape index (κ3) is 3.20. The van der Waals surface area contributed by atoms with E-state index in [-0.39, 0.29) is 11.3 Å². The molecule has 2 fully saturated rings. The molecular formula is C14H23N7O. The molecular weight excluding hydrogens is 282 g/mol. The average molecular weight is 305 g/mol. The number of guanidine groups is 1. The van der Waals surface area contributed by atoms with Crippen LogP contribution in [0.25, 0.3) is 0 Å². The monoisotopic (exact) mass is 305 g/mol. The number of amides is 1. The Morgan fingerprint density at radius 1 is 1.59 bits per heavy atom. The van der Waals surface area contributed by atoms with Crippen molar-refractivity contribution in [1.29, 1.82) is 0 Å². The fourth-order valence-electron chi connectivity index (χ4n) is 3.39. The lowest BCUT2D eigenvalue weighted by Crippen LogP contribution is -2.51. The fourth-order valence-corrected chi connectivity index (χ4v) is 3.39. The molecule has 1 spiro atoms. The van der Waals surface area contributed by atoms with Crippen LogP contribution in [0.4, 0.5) is 0 Å². The molecule has 1 atom stereocenters. The van der Waals surface area contributed by atoms with Gasteiger partial charge in [0.25, 0.3) is 0 Å². The molecule has 1 aromatic heterocycles. The minimum absolute atomic E-state index is 0.0822. The predicted octanol–water partition coefficient (Wildman–Crippen LogP) is -0.544. The van der Waals surface area contributed by atoms with Crippen LogP contribution in [-0.2, 0) is 11.3 Å². The van der Waals surface area contributed by atoms with Gasteiger partial charge in [0, 0.05) is 45.1 Å². The average Bonchev–Trinajstić information content (AvgIpc) is 3.14. The summed E-state index contributed by atoms with van der Waals surface area (Å²) >= 11 is 0. The molecule has 1 aromatic rings. The van der Waals surface area contributed by atoms with Crippen molar-refractivity contribution >= 4 is 11.9 Å². The molecule has 8 nitrogen and oxygen atoms in total. The Hall–Kier alpha value is -2.12. The Morgan fingerprint density at radius 3 is 3.18 bits per heavy atom. The lowest BCUT2D eigenvalue weighted by molar-refractivity contribution is -0.119. The van der Waals surface area contributed by atoms with Gasteiger partial charge in [0.15, 0.2) is 5.96 Å². The second-order valence-corrected chi connectivity index (χ2v) is 6.11. The minimum atomic E-state index is 0.0822. The van der Waals surface area contributed by atoms with Gasteiger partial charge in [0.2, 0.25) is 5.91 Å². The first kappa shape index (κ1) is 14.8. The molecule has 0 radical (unpaired) electrons. The van der Waals surface area contributed by atoms with E-state index in [1.54, 1.807) is 18.1 Å². The number of piperidine rings is 1. The van der Waals surface area contributed by atoms with E-state index in [1.165, 1.54) is 6.33 Å². The van der Waals surface area contributed by atoms with Crippen LogP contribution in [0.15, 0.2) is 17.6 Å². The summed E-state index contributed by atoms with van der Waals surface area (Å²) in [4.78, 5) is 22.2. The maximum absolute atomic E-state index is 11.6. The first-order chi connectivity index (χ1) is 10.7. The van der Waals surface area contributed by atoms with Gasteiger partial charge in [-0.2, -0.15) is 5.10 Å². The van der Waals surface area contributed by atoms with Gasteiger partial charge in [-0.1, -0.05) is 0 Å². The SMILES string of the molecule is CN=C(NCCn1cncn1)N1CCCC2(CNC(=O)C2)C1. The standard InChI is InChI=1S/C14H23N7O/c1-15-13(17-4-6-21-11-16-10-19-21)20-5-2-3-14(9-20)7-12(22)18-8-14/h10-11H,2-9H2,1H3,(H,15,17)(H,18,22). The summed E-state index contributed by atoms with van der Waals surface area (Å²) in [6.07, 6.45) is 6.08. The summed E-state index contributed by atoms with van der Waals surface area (Å²) in [6, 6.07) is 0. The van der Waals surface area contributed by atoms with Crippen LogP contribution in [0.5, 0.6) is 0 Å². The van der Waals surface area contributed by atoms with Crippen LogP contribution in [0.3, 0.4) is 0 Å². The number of rotatable bonds is 3. The fraction of sp³-hybridized carbons (Fsp3) is 0.714. The van der Waals surface area contributed by atoms with E-state index < -0.39 is 0 Å². The molecule has 1 unspecified atom stereocenters. The molecule has 0 aliphatic carbocycles. The predicted molar refractivity (Wildman–Crippen MR) is 82.3 cm³/mol. The van der Waals surface area contributed by atoms with Crippen molar-refractivity contribution in [2.45, 2.75) is 25.8 Å². The van der Waals surface area contributed by atoms with Crippen molar-refractivity contribution in [2.24, 2.45) is 10.4 Å². The number of nitrogens with one attached hydrogen (secondary N) is 2. The van der Waals surface area contributed by atoms with E-state index in [1.807, 2.05) is 0 Å². The van der Waals surface area contributed by atoms with E-state index in [0.717, 1.165) is 51.5 Å². The van der Waals surface area contributed by atoms with Gasteiger partial charge in [-0.15, -0.1) is 0 Å². The second-order valence-electron chi connectivity index (χ2n) is 6.11. The zero-order valence-electron chi connectivity index (χ0n) is 13.0. The molecule has 8 heteroatoms. The lowest BCUT2D eigenvalue weighted by Gasteiger charge is -2.40. The molecule has 2 saturated heterocycles. The molecule has 2 N–H and O–H groups in total. The molecule has 3 rings (SSSR count). The van der Waals surface area contributed by atoms with Crippen LogP contribution in [0.1, 0.15) is 19.3 Å². The molecule has 3 heterocycles. The highest BCUT2D eigenvalue weighted by molar-refractivity contribution is 5.81. The Kier molecular flexibility index (Phi) is 4.26. The number of likely N-dealkylation sites (tertiary alicyclic amines) is 1. The van der Waals surface area contributed by atoms with Gasteiger partial charge >= 0.3 is 0 Å². The number of nitrogens with zero attached hydrogens (tertiary/aromatic N) is 5. The Balaban J connectivity index is 1.55. The normalized spacial score (nSPS) is 25.6. The first-order valence-corrected chi connectivity index (χ1v) is 7.75. The number of aliphatic imine (C=N–C) groups is 1. The van der Waals surface area contributed by atoms with Gasteiger partial charge < -0.3 is 15.5 Å². The molecule has 1 amide bonds. The lowest BCUT2D eigenvalue weighted by atomic mass is 9.79. The Bertz CT molecular complexity index is 541. The third-order valence-electron chi connectivity index (χ3n) is 4.46. The Labute approximate surface area is 130 Å². The maximum atomic E-state index is 11.6. The van der Waals surface area contributed by atoms with Crippen molar-refractivity contribution in [1.82, 2.24) is 30.3 Å². The zero-order chi connectivity index (χ0) is 15.4. The quantitative estimate of drug-likeness (QED) is 0.578. The van der Waals surface area contributed by atoms with Crippen LogP contribution in [0.2, 0.25) is 0 Å². The van der Waals surface area contributed by atoms with Gasteiger partial charge in [-0.05, 0) is 12.8 Å². The summed E-state index contributed by atoms with van der Waals surface area (Å²) < 4.78 is 1.79.